The summed E-state index contributed by atoms with van der Waals surface area (Å²) in [6.45, 7) is 0.945. The highest BCUT2D eigenvalue weighted by molar-refractivity contribution is 5.81. The Morgan fingerprint density at radius 1 is 1.13 bits per heavy atom. The molecule has 1 aliphatic carbocycles. The van der Waals surface area contributed by atoms with E-state index in [1.807, 2.05) is 30.3 Å². The monoisotopic (exact) mass is 304 g/mol. The largest absolute Gasteiger partial charge is 0.376 e. The number of rotatable bonds is 6. The minimum Gasteiger partial charge on any atom is -0.376 e. The molecule has 3 nitrogen and oxygen atoms in total. The van der Waals surface area contributed by atoms with Gasteiger partial charge in [0.2, 0.25) is 5.91 Å². The molecule has 0 radical (unpaired) electrons. The fraction of sp³-hybridized carbons (Fsp3) is 0.250. The summed E-state index contributed by atoms with van der Waals surface area (Å²) >= 11 is 0. The van der Waals surface area contributed by atoms with Crippen molar-refractivity contribution < 1.29 is 4.79 Å². The number of carbonyl (C=O) groups is 1. The quantitative estimate of drug-likeness (QED) is 0.806. The predicted octanol–water partition coefficient (Wildman–Crippen LogP) is 2.93. The molecule has 3 heteroatoms. The van der Waals surface area contributed by atoms with Gasteiger partial charge in [0, 0.05) is 23.2 Å². The van der Waals surface area contributed by atoms with E-state index in [2.05, 4.69) is 40.8 Å². The molecule has 1 fully saturated rings. The van der Waals surface area contributed by atoms with E-state index in [0.717, 1.165) is 24.1 Å². The van der Waals surface area contributed by atoms with Crippen LogP contribution >= 0.6 is 0 Å². The van der Waals surface area contributed by atoms with E-state index in [1.165, 1.54) is 5.56 Å². The highest BCUT2D eigenvalue weighted by atomic mass is 16.1. The summed E-state index contributed by atoms with van der Waals surface area (Å²) in [4.78, 5) is 12.1. The average Bonchev–Trinajstić information content (AvgIpc) is 3.40. The molecule has 0 aromatic heterocycles. The summed E-state index contributed by atoms with van der Waals surface area (Å²) in [5, 5.41) is 6.15. The van der Waals surface area contributed by atoms with E-state index in [9.17, 15) is 4.79 Å². The third-order valence-corrected chi connectivity index (χ3v) is 4.35. The average molecular weight is 304 g/mol. The van der Waals surface area contributed by atoms with Crippen LogP contribution in [0.1, 0.15) is 24.0 Å². The lowest BCUT2D eigenvalue weighted by Crippen LogP contribution is -2.35. The standard InChI is InChI=1S/C20H20N2O/c1-2-16-7-6-10-18(13-16)21-14-19(23)22-15-20(11-12-20)17-8-4-3-5-9-17/h1,3-10,13,21H,11-12,14-15H2,(H,22,23). The van der Waals surface area contributed by atoms with Gasteiger partial charge in [-0.05, 0) is 36.6 Å². The van der Waals surface area contributed by atoms with Gasteiger partial charge in [-0.3, -0.25) is 4.79 Å². The fourth-order valence-corrected chi connectivity index (χ4v) is 2.74. The molecule has 1 aliphatic rings. The van der Waals surface area contributed by atoms with Crippen molar-refractivity contribution in [2.75, 3.05) is 18.4 Å². The molecular formula is C20H20N2O. The van der Waals surface area contributed by atoms with Crippen LogP contribution in [0.2, 0.25) is 0 Å². The maximum atomic E-state index is 12.1. The molecular weight excluding hydrogens is 284 g/mol. The van der Waals surface area contributed by atoms with Crippen LogP contribution in [0.25, 0.3) is 0 Å². The lowest BCUT2D eigenvalue weighted by atomic mass is 9.96. The van der Waals surface area contributed by atoms with Crippen LogP contribution in [-0.4, -0.2) is 19.0 Å². The van der Waals surface area contributed by atoms with Crippen LogP contribution in [0.4, 0.5) is 5.69 Å². The van der Waals surface area contributed by atoms with Crippen molar-refractivity contribution in [3.05, 3.63) is 65.7 Å². The summed E-state index contributed by atoms with van der Waals surface area (Å²) < 4.78 is 0. The summed E-state index contributed by atoms with van der Waals surface area (Å²) in [6.07, 6.45) is 7.64. The first-order chi connectivity index (χ1) is 11.2. The van der Waals surface area contributed by atoms with Crippen molar-refractivity contribution in [2.24, 2.45) is 0 Å². The third-order valence-electron chi connectivity index (χ3n) is 4.35. The predicted molar refractivity (Wildman–Crippen MR) is 93.2 cm³/mol. The molecule has 2 N–H and O–H groups in total. The van der Waals surface area contributed by atoms with Gasteiger partial charge in [0.05, 0.1) is 6.54 Å². The van der Waals surface area contributed by atoms with E-state index in [0.29, 0.717) is 6.54 Å². The number of carbonyl (C=O) groups excluding carboxylic acids is 1. The second-order valence-electron chi connectivity index (χ2n) is 6.00. The zero-order chi connectivity index (χ0) is 16.1. The molecule has 1 saturated carbocycles. The van der Waals surface area contributed by atoms with Crippen molar-refractivity contribution in [1.29, 1.82) is 0 Å². The maximum absolute atomic E-state index is 12.1. The second-order valence-corrected chi connectivity index (χ2v) is 6.00. The Labute approximate surface area is 137 Å². The zero-order valence-corrected chi connectivity index (χ0v) is 13.0. The van der Waals surface area contributed by atoms with Gasteiger partial charge in [-0.15, -0.1) is 6.42 Å². The Kier molecular flexibility index (Phi) is 4.34. The van der Waals surface area contributed by atoms with Crippen molar-refractivity contribution in [2.45, 2.75) is 18.3 Å². The SMILES string of the molecule is C#Cc1cccc(NCC(=O)NCC2(c3ccccc3)CC2)c1. The minimum atomic E-state index is -0.00156. The molecule has 2 aromatic carbocycles. The molecule has 1 amide bonds. The van der Waals surface area contributed by atoms with Crippen molar-refractivity contribution in [3.8, 4) is 12.3 Å². The Bertz CT molecular complexity index is 727. The molecule has 0 saturated heterocycles. The molecule has 116 valence electrons. The van der Waals surface area contributed by atoms with Gasteiger partial charge in [-0.2, -0.15) is 0 Å². The van der Waals surface area contributed by atoms with E-state index in [-0.39, 0.29) is 17.9 Å². The Balaban J connectivity index is 1.50. The zero-order valence-electron chi connectivity index (χ0n) is 13.0. The first kappa shape index (κ1) is 15.2. The fourth-order valence-electron chi connectivity index (χ4n) is 2.74. The number of terminal acetylenes is 1. The van der Waals surface area contributed by atoms with Gasteiger partial charge in [0.1, 0.15) is 0 Å². The van der Waals surface area contributed by atoms with Crippen LogP contribution in [-0.2, 0) is 10.2 Å². The molecule has 0 bridgehead atoms. The Hall–Kier alpha value is -2.73. The van der Waals surface area contributed by atoms with E-state index < -0.39 is 0 Å². The topological polar surface area (TPSA) is 41.1 Å². The highest BCUT2D eigenvalue weighted by Gasteiger charge is 2.44. The summed E-state index contributed by atoms with van der Waals surface area (Å²) in [6, 6.07) is 17.9. The van der Waals surface area contributed by atoms with E-state index >= 15 is 0 Å². The van der Waals surface area contributed by atoms with Crippen LogP contribution in [0.15, 0.2) is 54.6 Å². The number of hydrogen-bond acceptors (Lipinski definition) is 2. The van der Waals surface area contributed by atoms with Crippen molar-refractivity contribution in [3.63, 3.8) is 0 Å². The Morgan fingerprint density at radius 2 is 1.91 bits per heavy atom. The van der Waals surface area contributed by atoms with Gasteiger partial charge in [-0.1, -0.05) is 42.3 Å². The lowest BCUT2D eigenvalue weighted by Gasteiger charge is -2.17. The summed E-state index contributed by atoms with van der Waals surface area (Å²) in [7, 11) is 0. The maximum Gasteiger partial charge on any atom is 0.239 e. The van der Waals surface area contributed by atoms with Gasteiger partial charge in [-0.25, -0.2) is 0 Å². The first-order valence-electron chi connectivity index (χ1n) is 7.85. The van der Waals surface area contributed by atoms with Gasteiger partial charge in [0.15, 0.2) is 0 Å². The van der Waals surface area contributed by atoms with E-state index in [1.54, 1.807) is 0 Å². The van der Waals surface area contributed by atoms with E-state index in [4.69, 9.17) is 6.42 Å². The lowest BCUT2D eigenvalue weighted by molar-refractivity contribution is -0.119. The molecule has 0 aliphatic heterocycles. The van der Waals surface area contributed by atoms with Gasteiger partial charge in [0.25, 0.3) is 0 Å². The van der Waals surface area contributed by atoms with Gasteiger partial charge < -0.3 is 10.6 Å². The molecule has 0 atom stereocenters. The third kappa shape index (κ3) is 3.73. The van der Waals surface area contributed by atoms with Crippen LogP contribution in [0.3, 0.4) is 0 Å². The van der Waals surface area contributed by atoms with Crippen LogP contribution in [0.5, 0.6) is 0 Å². The molecule has 23 heavy (non-hydrogen) atoms. The highest BCUT2D eigenvalue weighted by Crippen LogP contribution is 2.47. The second kappa shape index (κ2) is 6.58. The summed E-state index contributed by atoms with van der Waals surface area (Å²) in [5.74, 6) is 2.58. The minimum absolute atomic E-state index is 0.00156. The number of hydrogen-bond donors (Lipinski definition) is 2. The number of anilines is 1. The number of nitrogens with one attached hydrogen (secondary N) is 2. The van der Waals surface area contributed by atoms with Crippen molar-refractivity contribution >= 4 is 11.6 Å². The first-order valence-corrected chi connectivity index (χ1v) is 7.85. The van der Waals surface area contributed by atoms with Gasteiger partial charge >= 0.3 is 0 Å². The number of amides is 1. The van der Waals surface area contributed by atoms with Crippen molar-refractivity contribution in [1.82, 2.24) is 5.32 Å². The summed E-state index contributed by atoms with van der Waals surface area (Å²) in [5.41, 5.74) is 3.12. The molecule has 0 heterocycles. The van der Waals surface area contributed by atoms with Crippen LogP contribution in [0, 0.1) is 12.3 Å². The number of benzene rings is 2. The molecule has 0 unspecified atom stereocenters. The van der Waals surface area contributed by atoms with Crippen LogP contribution < -0.4 is 10.6 Å². The smallest absolute Gasteiger partial charge is 0.239 e. The molecule has 2 aromatic rings. The molecule has 0 spiro atoms. The Morgan fingerprint density at radius 3 is 2.61 bits per heavy atom. The molecule has 3 rings (SSSR count). The normalized spacial score (nSPS) is 14.6.